The quantitative estimate of drug-likeness (QED) is 0.707. The van der Waals surface area contributed by atoms with Crippen molar-refractivity contribution in [3.05, 3.63) is 24.3 Å². The largest absolute Gasteiger partial charge is 0.385 e. The first kappa shape index (κ1) is 15.9. The van der Waals surface area contributed by atoms with E-state index in [9.17, 15) is 4.79 Å². The van der Waals surface area contributed by atoms with Crippen molar-refractivity contribution >= 4 is 17.3 Å². The fourth-order valence-corrected chi connectivity index (χ4v) is 2.89. The van der Waals surface area contributed by atoms with Crippen molar-refractivity contribution in [1.82, 2.24) is 0 Å². The van der Waals surface area contributed by atoms with Gasteiger partial charge in [0, 0.05) is 23.8 Å². The molecule has 0 unspecified atom stereocenters. The van der Waals surface area contributed by atoms with Crippen molar-refractivity contribution in [2.75, 3.05) is 17.2 Å². The summed E-state index contributed by atoms with van der Waals surface area (Å²) in [6.45, 7) is 3.23. The van der Waals surface area contributed by atoms with Crippen LogP contribution in [-0.4, -0.2) is 12.5 Å². The van der Waals surface area contributed by atoms with Gasteiger partial charge in [-0.1, -0.05) is 39.0 Å². The van der Waals surface area contributed by atoms with Crippen LogP contribution in [0.5, 0.6) is 0 Å². The topological polar surface area (TPSA) is 41.1 Å². The number of amides is 1. The Morgan fingerprint density at radius 1 is 1.05 bits per heavy atom. The van der Waals surface area contributed by atoms with E-state index in [1.54, 1.807) is 0 Å². The molecule has 1 amide bonds. The number of carbonyl (C=O) groups is 1. The van der Waals surface area contributed by atoms with Crippen LogP contribution in [0.25, 0.3) is 0 Å². The van der Waals surface area contributed by atoms with E-state index in [-0.39, 0.29) is 11.8 Å². The van der Waals surface area contributed by atoms with Gasteiger partial charge in [0.1, 0.15) is 0 Å². The zero-order valence-corrected chi connectivity index (χ0v) is 13.2. The SMILES string of the molecule is CCCCCNc1ccc(NC(=O)C2CCCCC2)cc1. The number of rotatable bonds is 7. The molecule has 0 aliphatic heterocycles. The maximum absolute atomic E-state index is 12.2. The maximum Gasteiger partial charge on any atom is 0.227 e. The van der Waals surface area contributed by atoms with Crippen LogP contribution in [0.15, 0.2) is 24.3 Å². The first-order valence-corrected chi connectivity index (χ1v) is 8.44. The zero-order chi connectivity index (χ0) is 14.9. The summed E-state index contributed by atoms with van der Waals surface area (Å²) < 4.78 is 0. The van der Waals surface area contributed by atoms with Crippen LogP contribution in [0.2, 0.25) is 0 Å². The molecule has 0 heterocycles. The van der Waals surface area contributed by atoms with Crippen molar-refractivity contribution < 1.29 is 4.79 Å². The minimum absolute atomic E-state index is 0.193. The Morgan fingerprint density at radius 3 is 2.38 bits per heavy atom. The van der Waals surface area contributed by atoms with Crippen LogP contribution in [0, 0.1) is 5.92 Å². The van der Waals surface area contributed by atoms with Crippen molar-refractivity contribution in [2.45, 2.75) is 58.3 Å². The molecule has 1 aromatic rings. The Bertz CT molecular complexity index is 421. The number of anilines is 2. The van der Waals surface area contributed by atoms with Gasteiger partial charge in [0.25, 0.3) is 0 Å². The second kappa shape index (κ2) is 8.71. The summed E-state index contributed by atoms with van der Waals surface area (Å²) >= 11 is 0. The van der Waals surface area contributed by atoms with E-state index < -0.39 is 0 Å². The molecule has 1 aromatic carbocycles. The lowest BCUT2D eigenvalue weighted by atomic mass is 9.88. The van der Waals surface area contributed by atoms with Gasteiger partial charge in [-0.2, -0.15) is 0 Å². The maximum atomic E-state index is 12.2. The molecule has 0 saturated heterocycles. The summed E-state index contributed by atoms with van der Waals surface area (Å²) in [5, 5.41) is 6.46. The molecule has 1 saturated carbocycles. The summed E-state index contributed by atoms with van der Waals surface area (Å²) in [5.74, 6) is 0.406. The van der Waals surface area contributed by atoms with Gasteiger partial charge in [0.05, 0.1) is 0 Å². The van der Waals surface area contributed by atoms with E-state index in [1.807, 2.05) is 24.3 Å². The molecule has 1 aliphatic carbocycles. The van der Waals surface area contributed by atoms with E-state index >= 15 is 0 Å². The first-order valence-electron chi connectivity index (χ1n) is 8.44. The van der Waals surface area contributed by atoms with Gasteiger partial charge < -0.3 is 10.6 Å². The second-order valence-electron chi connectivity index (χ2n) is 6.04. The molecule has 2 N–H and O–H groups in total. The highest BCUT2D eigenvalue weighted by molar-refractivity contribution is 5.92. The Labute approximate surface area is 128 Å². The van der Waals surface area contributed by atoms with Crippen molar-refractivity contribution in [2.24, 2.45) is 5.92 Å². The van der Waals surface area contributed by atoms with E-state index in [1.165, 1.54) is 38.5 Å². The summed E-state index contributed by atoms with van der Waals surface area (Å²) in [4.78, 5) is 12.2. The molecular formula is C18H28N2O. The van der Waals surface area contributed by atoms with Gasteiger partial charge in [-0.15, -0.1) is 0 Å². The van der Waals surface area contributed by atoms with Gasteiger partial charge in [-0.3, -0.25) is 4.79 Å². The molecule has 2 rings (SSSR count). The third-order valence-electron chi connectivity index (χ3n) is 4.24. The third-order valence-corrected chi connectivity index (χ3v) is 4.24. The normalized spacial score (nSPS) is 15.7. The number of carbonyl (C=O) groups excluding carboxylic acids is 1. The molecule has 1 aliphatic rings. The summed E-state index contributed by atoms with van der Waals surface area (Å²) in [7, 11) is 0. The van der Waals surface area contributed by atoms with Crippen LogP contribution in [-0.2, 0) is 4.79 Å². The Hall–Kier alpha value is -1.51. The Kier molecular flexibility index (Phi) is 6.58. The van der Waals surface area contributed by atoms with Crippen LogP contribution >= 0.6 is 0 Å². The lowest BCUT2D eigenvalue weighted by Gasteiger charge is -2.20. The number of unbranched alkanes of at least 4 members (excludes halogenated alkanes) is 2. The van der Waals surface area contributed by atoms with Crippen molar-refractivity contribution in [3.63, 3.8) is 0 Å². The van der Waals surface area contributed by atoms with E-state index in [0.717, 1.165) is 30.8 Å². The number of hydrogen-bond acceptors (Lipinski definition) is 2. The average Bonchev–Trinajstić information content (AvgIpc) is 2.54. The minimum atomic E-state index is 0.193. The fraction of sp³-hybridized carbons (Fsp3) is 0.611. The number of hydrogen-bond donors (Lipinski definition) is 2. The smallest absolute Gasteiger partial charge is 0.227 e. The Balaban J connectivity index is 1.77. The van der Waals surface area contributed by atoms with E-state index in [4.69, 9.17) is 0 Å². The standard InChI is InChI=1S/C18H28N2O/c1-2-3-7-14-19-16-10-12-17(13-11-16)20-18(21)15-8-5-4-6-9-15/h10-13,15,19H,2-9,14H2,1H3,(H,20,21). The molecule has 3 nitrogen and oxygen atoms in total. The molecule has 21 heavy (non-hydrogen) atoms. The van der Waals surface area contributed by atoms with Crippen molar-refractivity contribution in [3.8, 4) is 0 Å². The third kappa shape index (κ3) is 5.41. The van der Waals surface area contributed by atoms with Crippen LogP contribution in [0.1, 0.15) is 58.3 Å². The first-order chi connectivity index (χ1) is 10.3. The predicted molar refractivity (Wildman–Crippen MR) is 89.7 cm³/mol. The Morgan fingerprint density at radius 2 is 1.71 bits per heavy atom. The molecular weight excluding hydrogens is 260 g/mol. The minimum Gasteiger partial charge on any atom is -0.385 e. The molecule has 0 bridgehead atoms. The molecule has 0 radical (unpaired) electrons. The van der Waals surface area contributed by atoms with E-state index in [2.05, 4.69) is 17.6 Å². The summed E-state index contributed by atoms with van der Waals surface area (Å²) in [5.41, 5.74) is 2.03. The molecule has 0 aromatic heterocycles. The van der Waals surface area contributed by atoms with Gasteiger partial charge >= 0.3 is 0 Å². The fourth-order valence-electron chi connectivity index (χ4n) is 2.89. The van der Waals surface area contributed by atoms with Crippen LogP contribution < -0.4 is 10.6 Å². The number of benzene rings is 1. The highest BCUT2D eigenvalue weighted by Gasteiger charge is 2.20. The van der Waals surface area contributed by atoms with Crippen LogP contribution in [0.3, 0.4) is 0 Å². The molecule has 0 spiro atoms. The summed E-state index contributed by atoms with van der Waals surface area (Å²) in [6.07, 6.45) is 9.47. The van der Waals surface area contributed by atoms with Crippen LogP contribution in [0.4, 0.5) is 11.4 Å². The monoisotopic (exact) mass is 288 g/mol. The average molecular weight is 288 g/mol. The predicted octanol–water partition coefficient (Wildman–Crippen LogP) is 4.81. The highest BCUT2D eigenvalue weighted by Crippen LogP contribution is 2.25. The zero-order valence-electron chi connectivity index (χ0n) is 13.2. The molecule has 116 valence electrons. The molecule has 3 heteroatoms. The lowest BCUT2D eigenvalue weighted by Crippen LogP contribution is -2.24. The van der Waals surface area contributed by atoms with Gasteiger partial charge in [0.2, 0.25) is 5.91 Å². The molecule has 1 fully saturated rings. The highest BCUT2D eigenvalue weighted by atomic mass is 16.1. The van der Waals surface area contributed by atoms with Gasteiger partial charge in [0.15, 0.2) is 0 Å². The summed E-state index contributed by atoms with van der Waals surface area (Å²) in [6, 6.07) is 8.07. The number of nitrogens with one attached hydrogen (secondary N) is 2. The second-order valence-corrected chi connectivity index (χ2v) is 6.04. The lowest BCUT2D eigenvalue weighted by molar-refractivity contribution is -0.120. The van der Waals surface area contributed by atoms with E-state index in [0.29, 0.717) is 0 Å². The van der Waals surface area contributed by atoms with Gasteiger partial charge in [-0.05, 0) is 43.5 Å². The van der Waals surface area contributed by atoms with Crippen molar-refractivity contribution in [1.29, 1.82) is 0 Å². The molecule has 0 atom stereocenters. The van der Waals surface area contributed by atoms with Gasteiger partial charge in [-0.25, -0.2) is 0 Å².